The smallest absolute Gasteiger partial charge is 0.226 e. The zero-order valence-electron chi connectivity index (χ0n) is 16.4. The number of fused-ring (bicyclic) bond motifs is 1. The van der Waals surface area contributed by atoms with Crippen molar-refractivity contribution in [3.63, 3.8) is 0 Å². The van der Waals surface area contributed by atoms with Gasteiger partial charge in [0.25, 0.3) is 0 Å². The Kier molecular flexibility index (Phi) is 6.47. The minimum atomic E-state index is -0.395. The Morgan fingerprint density at radius 3 is 2.63 bits per heavy atom. The largest absolute Gasteiger partial charge is 0.379 e. The summed E-state index contributed by atoms with van der Waals surface area (Å²) in [6.07, 6.45) is 0.112. The first-order chi connectivity index (χ1) is 14.6. The van der Waals surface area contributed by atoms with Gasteiger partial charge < -0.3 is 10.1 Å². The van der Waals surface area contributed by atoms with Gasteiger partial charge >= 0.3 is 0 Å². The van der Waals surface area contributed by atoms with Crippen LogP contribution in [0, 0.1) is 5.82 Å². The molecule has 1 fully saturated rings. The van der Waals surface area contributed by atoms with Crippen molar-refractivity contribution in [2.75, 3.05) is 31.6 Å². The number of anilines is 1. The molecule has 1 N–H and O–H groups in total. The molecular weight excluding hydrogens is 405 g/mol. The fraction of sp³-hybridized carbons (Fsp3) is 0.318. The molecule has 2 aromatic carbocycles. The third kappa shape index (κ3) is 5.27. The number of ether oxygens (including phenoxy) is 1. The van der Waals surface area contributed by atoms with E-state index in [1.54, 1.807) is 0 Å². The fourth-order valence-electron chi connectivity index (χ4n) is 3.33. The Balaban J connectivity index is 1.33. The van der Waals surface area contributed by atoms with Gasteiger partial charge in [-0.1, -0.05) is 17.4 Å². The lowest BCUT2D eigenvalue weighted by molar-refractivity contribution is -0.116. The number of nitrogens with zero attached hydrogens (tertiary/aromatic N) is 2. The molecule has 0 bridgehead atoms. The van der Waals surface area contributed by atoms with Gasteiger partial charge in [0.15, 0.2) is 10.9 Å². The van der Waals surface area contributed by atoms with E-state index in [0.717, 1.165) is 43.1 Å². The van der Waals surface area contributed by atoms with Gasteiger partial charge in [-0.05, 0) is 42.0 Å². The molecule has 0 spiro atoms. The van der Waals surface area contributed by atoms with E-state index in [0.29, 0.717) is 10.7 Å². The molecule has 0 saturated carbocycles. The van der Waals surface area contributed by atoms with Gasteiger partial charge in [0.1, 0.15) is 5.82 Å². The first kappa shape index (κ1) is 20.6. The Morgan fingerprint density at radius 1 is 1.10 bits per heavy atom. The van der Waals surface area contributed by atoms with E-state index in [4.69, 9.17) is 4.74 Å². The molecule has 0 atom stereocenters. The summed E-state index contributed by atoms with van der Waals surface area (Å²) in [7, 11) is 0. The summed E-state index contributed by atoms with van der Waals surface area (Å²) in [5.74, 6) is -0.853. The molecule has 1 amide bonds. The van der Waals surface area contributed by atoms with Crippen LogP contribution in [0.2, 0.25) is 0 Å². The maximum atomic E-state index is 12.9. The number of aromatic nitrogens is 1. The topological polar surface area (TPSA) is 71.5 Å². The van der Waals surface area contributed by atoms with Crippen molar-refractivity contribution in [2.45, 2.75) is 19.4 Å². The number of nitrogens with one attached hydrogen (secondary N) is 1. The van der Waals surface area contributed by atoms with Crippen molar-refractivity contribution in [3.8, 4) is 0 Å². The van der Waals surface area contributed by atoms with Crippen LogP contribution in [0.5, 0.6) is 0 Å². The molecule has 30 heavy (non-hydrogen) atoms. The van der Waals surface area contributed by atoms with Crippen LogP contribution in [0.1, 0.15) is 28.8 Å². The van der Waals surface area contributed by atoms with Gasteiger partial charge in [0.2, 0.25) is 5.91 Å². The number of carbonyl (C=O) groups is 2. The van der Waals surface area contributed by atoms with Crippen LogP contribution in [0.4, 0.5) is 9.52 Å². The highest BCUT2D eigenvalue weighted by molar-refractivity contribution is 7.22. The van der Waals surface area contributed by atoms with E-state index >= 15 is 0 Å². The third-order valence-corrected chi connectivity index (χ3v) is 5.89. The normalized spacial score (nSPS) is 14.7. The highest BCUT2D eigenvalue weighted by Crippen LogP contribution is 2.27. The molecule has 2 heterocycles. The zero-order chi connectivity index (χ0) is 20.9. The first-order valence-electron chi connectivity index (χ1n) is 9.85. The molecule has 6 nitrogen and oxygen atoms in total. The van der Waals surface area contributed by atoms with E-state index in [1.807, 2.05) is 6.07 Å². The van der Waals surface area contributed by atoms with Gasteiger partial charge in [-0.3, -0.25) is 14.5 Å². The van der Waals surface area contributed by atoms with Crippen molar-refractivity contribution >= 4 is 38.4 Å². The number of carbonyl (C=O) groups excluding carboxylic acids is 2. The number of amides is 1. The average Bonchev–Trinajstić information content (AvgIpc) is 3.14. The molecule has 1 aromatic heterocycles. The molecule has 1 aliphatic heterocycles. The SMILES string of the molecule is O=C(CCC(=O)c1ccc(F)cc1)Nc1nc2ccc(CN3CCOCC3)cc2s1. The average molecular weight is 428 g/mol. The number of benzene rings is 2. The minimum Gasteiger partial charge on any atom is -0.379 e. The standard InChI is InChI=1S/C22H22FN3O3S/c23-17-4-2-16(3-5-17)19(27)7-8-21(28)25-22-24-18-6-1-15(13-20(18)30-22)14-26-9-11-29-12-10-26/h1-6,13H,7-12,14H2,(H,24,25,28). The zero-order valence-corrected chi connectivity index (χ0v) is 17.2. The summed E-state index contributed by atoms with van der Waals surface area (Å²) in [4.78, 5) is 31.2. The van der Waals surface area contributed by atoms with Crippen LogP contribution in [0.3, 0.4) is 0 Å². The summed E-state index contributed by atoms with van der Waals surface area (Å²) >= 11 is 1.42. The van der Waals surface area contributed by atoms with Crippen molar-refractivity contribution in [1.29, 1.82) is 0 Å². The molecule has 4 rings (SSSR count). The van der Waals surface area contributed by atoms with E-state index in [2.05, 4.69) is 27.3 Å². The quantitative estimate of drug-likeness (QED) is 0.580. The van der Waals surface area contributed by atoms with Gasteiger partial charge in [-0.2, -0.15) is 0 Å². The Hall–Kier alpha value is -2.68. The number of hydrogen-bond acceptors (Lipinski definition) is 6. The molecule has 1 saturated heterocycles. The minimum absolute atomic E-state index is 0.0500. The van der Waals surface area contributed by atoms with Crippen LogP contribution in [-0.2, 0) is 16.1 Å². The maximum absolute atomic E-state index is 12.9. The number of hydrogen-bond donors (Lipinski definition) is 1. The molecule has 0 radical (unpaired) electrons. The lowest BCUT2D eigenvalue weighted by atomic mass is 10.1. The molecule has 0 unspecified atom stereocenters. The fourth-order valence-corrected chi connectivity index (χ4v) is 4.27. The Labute approximate surface area is 177 Å². The molecule has 1 aliphatic rings. The maximum Gasteiger partial charge on any atom is 0.226 e. The molecule has 0 aliphatic carbocycles. The monoisotopic (exact) mass is 427 g/mol. The second-order valence-electron chi connectivity index (χ2n) is 7.19. The van der Waals surface area contributed by atoms with Crippen LogP contribution in [-0.4, -0.2) is 47.9 Å². The number of morpholine rings is 1. The lowest BCUT2D eigenvalue weighted by Crippen LogP contribution is -2.35. The molecule has 3 aromatic rings. The number of thiazole rings is 1. The van der Waals surface area contributed by atoms with Gasteiger partial charge in [0, 0.05) is 38.0 Å². The third-order valence-electron chi connectivity index (χ3n) is 4.95. The van der Waals surface area contributed by atoms with Crippen LogP contribution in [0.15, 0.2) is 42.5 Å². The van der Waals surface area contributed by atoms with Crippen molar-refractivity contribution < 1.29 is 18.7 Å². The lowest BCUT2D eigenvalue weighted by Gasteiger charge is -2.26. The summed E-state index contributed by atoms with van der Waals surface area (Å²) in [6.45, 7) is 4.26. The van der Waals surface area contributed by atoms with E-state index < -0.39 is 5.82 Å². The summed E-state index contributed by atoms with van der Waals surface area (Å²) in [5, 5.41) is 3.30. The van der Waals surface area contributed by atoms with Crippen LogP contribution >= 0.6 is 11.3 Å². The highest BCUT2D eigenvalue weighted by Gasteiger charge is 2.14. The van der Waals surface area contributed by atoms with E-state index in [1.165, 1.54) is 41.2 Å². The van der Waals surface area contributed by atoms with Gasteiger partial charge in [-0.15, -0.1) is 0 Å². The second kappa shape index (κ2) is 9.42. The second-order valence-corrected chi connectivity index (χ2v) is 8.22. The van der Waals surface area contributed by atoms with Crippen LogP contribution < -0.4 is 5.32 Å². The predicted molar refractivity (Wildman–Crippen MR) is 114 cm³/mol. The number of ketones is 1. The molecule has 8 heteroatoms. The van der Waals surface area contributed by atoms with Gasteiger partial charge in [0.05, 0.1) is 23.4 Å². The number of rotatable bonds is 7. The Bertz CT molecular complexity index is 1050. The number of Topliss-reactive ketones (excluding diaryl/α,β-unsaturated/α-hetero) is 1. The Morgan fingerprint density at radius 2 is 1.87 bits per heavy atom. The van der Waals surface area contributed by atoms with Crippen LogP contribution in [0.25, 0.3) is 10.2 Å². The number of halogens is 1. The van der Waals surface area contributed by atoms with Crippen molar-refractivity contribution in [1.82, 2.24) is 9.88 Å². The summed E-state index contributed by atoms with van der Waals surface area (Å²) in [6, 6.07) is 11.5. The highest BCUT2D eigenvalue weighted by atomic mass is 32.1. The summed E-state index contributed by atoms with van der Waals surface area (Å²) in [5.41, 5.74) is 2.44. The first-order valence-corrected chi connectivity index (χ1v) is 10.7. The van der Waals surface area contributed by atoms with E-state index in [9.17, 15) is 14.0 Å². The van der Waals surface area contributed by atoms with Crippen molar-refractivity contribution in [3.05, 3.63) is 59.4 Å². The molecular formula is C22H22FN3O3S. The summed E-state index contributed by atoms with van der Waals surface area (Å²) < 4.78 is 19.3. The van der Waals surface area contributed by atoms with Gasteiger partial charge in [-0.25, -0.2) is 9.37 Å². The van der Waals surface area contributed by atoms with Crippen molar-refractivity contribution in [2.24, 2.45) is 0 Å². The molecule has 156 valence electrons. The van der Waals surface area contributed by atoms with E-state index in [-0.39, 0.29) is 24.5 Å². The predicted octanol–water partition coefficient (Wildman–Crippen LogP) is 3.87.